The monoisotopic (exact) mass is 371 g/mol. The molecular formula is C22H33N3O2. The van der Waals surface area contributed by atoms with Crippen molar-refractivity contribution in [3.63, 3.8) is 0 Å². The van der Waals surface area contributed by atoms with Crippen molar-refractivity contribution in [2.75, 3.05) is 57.8 Å². The molecule has 1 amide bonds. The molecule has 1 aromatic carbocycles. The van der Waals surface area contributed by atoms with Gasteiger partial charge in [0.2, 0.25) is 5.91 Å². The molecule has 0 spiro atoms. The van der Waals surface area contributed by atoms with Crippen molar-refractivity contribution >= 4 is 11.6 Å². The summed E-state index contributed by atoms with van der Waals surface area (Å²) in [5, 5.41) is 0. The van der Waals surface area contributed by atoms with Gasteiger partial charge in [-0.25, -0.2) is 0 Å². The molecule has 0 unspecified atom stereocenters. The van der Waals surface area contributed by atoms with Crippen LogP contribution < -0.4 is 9.64 Å². The number of hydrogen-bond acceptors (Lipinski definition) is 4. The summed E-state index contributed by atoms with van der Waals surface area (Å²) in [6.07, 6.45) is 5.81. The fraction of sp³-hybridized carbons (Fsp3) is 0.682. The van der Waals surface area contributed by atoms with Crippen LogP contribution in [0.1, 0.15) is 32.1 Å². The van der Waals surface area contributed by atoms with Crippen molar-refractivity contribution in [2.24, 2.45) is 11.8 Å². The maximum absolute atomic E-state index is 12.2. The van der Waals surface area contributed by atoms with Gasteiger partial charge in [0.1, 0.15) is 5.75 Å². The van der Waals surface area contributed by atoms with Crippen LogP contribution in [0.25, 0.3) is 0 Å². The molecule has 0 bridgehead atoms. The number of piperidine rings is 1. The van der Waals surface area contributed by atoms with Gasteiger partial charge in [-0.3, -0.25) is 4.79 Å². The van der Waals surface area contributed by atoms with Crippen LogP contribution in [0, 0.1) is 11.8 Å². The number of nitrogens with zero attached hydrogens (tertiary/aromatic N) is 3. The zero-order valence-electron chi connectivity index (χ0n) is 16.6. The highest BCUT2D eigenvalue weighted by Crippen LogP contribution is 2.32. The maximum Gasteiger partial charge on any atom is 0.225 e. The van der Waals surface area contributed by atoms with Gasteiger partial charge >= 0.3 is 0 Å². The fourth-order valence-electron chi connectivity index (χ4n) is 4.49. The highest BCUT2D eigenvalue weighted by molar-refractivity contribution is 5.81. The van der Waals surface area contributed by atoms with Crippen molar-refractivity contribution in [2.45, 2.75) is 32.1 Å². The molecule has 5 heteroatoms. The summed E-state index contributed by atoms with van der Waals surface area (Å²) in [4.78, 5) is 19.5. The minimum atomic E-state index is 0.371. The molecule has 5 nitrogen and oxygen atoms in total. The lowest BCUT2D eigenvalue weighted by molar-refractivity contribution is -0.134. The van der Waals surface area contributed by atoms with Gasteiger partial charge in [0.05, 0.1) is 7.11 Å². The summed E-state index contributed by atoms with van der Waals surface area (Å²) in [5.41, 5.74) is 1.30. The average molecular weight is 372 g/mol. The van der Waals surface area contributed by atoms with Crippen LogP contribution >= 0.6 is 0 Å². The molecule has 2 heterocycles. The van der Waals surface area contributed by atoms with E-state index in [4.69, 9.17) is 4.74 Å². The quantitative estimate of drug-likeness (QED) is 0.797. The summed E-state index contributed by atoms with van der Waals surface area (Å²) in [5.74, 6) is 2.47. The molecule has 0 atom stereocenters. The Morgan fingerprint density at radius 3 is 2.37 bits per heavy atom. The predicted octanol–water partition coefficient (Wildman–Crippen LogP) is 2.86. The SMILES string of the molecule is COc1ccc(N2CCCN(CC3CCN(C(=O)C4CC4)CC3)CC2)cc1. The Labute approximate surface area is 163 Å². The van der Waals surface area contributed by atoms with Gasteiger partial charge < -0.3 is 19.4 Å². The first-order valence-electron chi connectivity index (χ1n) is 10.6. The number of ether oxygens (including phenoxy) is 1. The minimum absolute atomic E-state index is 0.371. The molecule has 2 aliphatic heterocycles. The number of likely N-dealkylation sites (tertiary alicyclic amines) is 1. The van der Waals surface area contributed by atoms with Gasteiger partial charge in [-0.2, -0.15) is 0 Å². The Morgan fingerprint density at radius 1 is 0.963 bits per heavy atom. The van der Waals surface area contributed by atoms with Crippen LogP contribution in [0.2, 0.25) is 0 Å². The van der Waals surface area contributed by atoms with Crippen LogP contribution in [-0.2, 0) is 4.79 Å². The van der Waals surface area contributed by atoms with Crippen molar-refractivity contribution in [1.29, 1.82) is 0 Å². The van der Waals surface area contributed by atoms with Gasteiger partial charge in [-0.15, -0.1) is 0 Å². The van der Waals surface area contributed by atoms with E-state index in [2.05, 4.69) is 39.0 Å². The summed E-state index contributed by atoms with van der Waals surface area (Å²) < 4.78 is 5.27. The lowest BCUT2D eigenvalue weighted by Gasteiger charge is -2.34. The normalized spacial score (nSPS) is 22.6. The highest BCUT2D eigenvalue weighted by atomic mass is 16.5. The molecule has 27 heavy (non-hydrogen) atoms. The third kappa shape index (κ3) is 4.75. The number of carbonyl (C=O) groups excluding carboxylic acids is 1. The second-order valence-electron chi connectivity index (χ2n) is 8.38. The third-order valence-electron chi connectivity index (χ3n) is 6.40. The van der Waals surface area contributed by atoms with E-state index in [-0.39, 0.29) is 0 Å². The van der Waals surface area contributed by atoms with Crippen LogP contribution in [0.4, 0.5) is 5.69 Å². The molecule has 1 saturated carbocycles. The zero-order chi connectivity index (χ0) is 18.6. The van der Waals surface area contributed by atoms with Crippen LogP contribution in [-0.4, -0.2) is 68.6 Å². The molecule has 4 rings (SSSR count). The number of benzene rings is 1. The summed E-state index contributed by atoms with van der Waals surface area (Å²) in [6.45, 7) is 7.68. The highest BCUT2D eigenvalue weighted by Gasteiger charge is 2.35. The standard InChI is InChI=1S/C22H33N3O2/c1-27-21-7-5-20(6-8-21)24-12-2-11-23(15-16-24)17-18-9-13-25(14-10-18)22(26)19-3-4-19/h5-8,18-19H,2-4,9-17H2,1H3. The molecule has 3 aliphatic rings. The van der Waals surface area contributed by atoms with Crippen molar-refractivity contribution in [3.8, 4) is 5.75 Å². The molecular weight excluding hydrogens is 338 g/mol. The average Bonchev–Trinajstić information content (AvgIpc) is 3.56. The van der Waals surface area contributed by atoms with E-state index in [0.29, 0.717) is 11.8 Å². The summed E-state index contributed by atoms with van der Waals surface area (Å²) in [7, 11) is 1.71. The maximum atomic E-state index is 12.2. The number of hydrogen-bond donors (Lipinski definition) is 0. The predicted molar refractivity (Wildman–Crippen MR) is 108 cm³/mol. The van der Waals surface area contributed by atoms with Crippen molar-refractivity contribution in [1.82, 2.24) is 9.80 Å². The van der Waals surface area contributed by atoms with E-state index >= 15 is 0 Å². The third-order valence-corrected chi connectivity index (χ3v) is 6.40. The minimum Gasteiger partial charge on any atom is -0.497 e. The molecule has 148 valence electrons. The number of rotatable bonds is 5. The van der Waals surface area contributed by atoms with E-state index in [1.165, 1.54) is 38.0 Å². The molecule has 0 radical (unpaired) electrons. The van der Waals surface area contributed by atoms with E-state index in [1.54, 1.807) is 7.11 Å². The van der Waals surface area contributed by atoms with Gasteiger partial charge in [0.15, 0.2) is 0 Å². The molecule has 1 aliphatic carbocycles. The summed E-state index contributed by atoms with van der Waals surface area (Å²) in [6, 6.07) is 8.44. The number of amides is 1. The molecule has 2 saturated heterocycles. The Kier molecular flexibility index (Phi) is 5.86. The Hall–Kier alpha value is -1.75. The van der Waals surface area contributed by atoms with E-state index in [1.807, 2.05) is 0 Å². The van der Waals surface area contributed by atoms with Crippen molar-refractivity contribution < 1.29 is 9.53 Å². The van der Waals surface area contributed by atoms with Crippen LogP contribution in [0.5, 0.6) is 5.75 Å². The molecule has 1 aromatic rings. The fourth-order valence-corrected chi connectivity index (χ4v) is 4.49. The van der Waals surface area contributed by atoms with Crippen LogP contribution in [0.3, 0.4) is 0 Å². The Morgan fingerprint density at radius 2 is 1.70 bits per heavy atom. The molecule has 3 fully saturated rings. The smallest absolute Gasteiger partial charge is 0.225 e. The van der Waals surface area contributed by atoms with Gasteiger partial charge in [0.25, 0.3) is 0 Å². The zero-order valence-corrected chi connectivity index (χ0v) is 16.6. The topological polar surface area (TPSA) is 36.0 Å². The van der Waals surface area contributed by atoms with E-state index in [9.17, 15) is 4.79 Å². The first kappa shape index (κ1) is 18.6. The number of anilines is 1. The number of carbonyl (C=O) groups is 1. The van der Waals surface area contributed by atoms with E-state index in [0.717, 1.165) is 57.2 Å². The van der Waals surface area contributed by atoms with E-state index < -0.39 is 0 Å². The second kappa shape index (κ2) is 8.51. The Balaban J connectivity index is 1.23. The van der Waals surface area contributed by atoms with Gasteiger partial charge in [0, 0.05) is 50.9 Å². The lowest BCUT2D eigenvalue weighted by atomic mass is 9.95. The van der Waals surface area contributed by atoms with Crippen molar-refractivity contribution in [3.05, 3.63) is 24.3 Å². The molecule has 0 aromatic heterocycles. The first-order valence-corrected chi connectivity index (χ1v) is 10.6. The largest absolute Gasteiger partial charge is 0.497 e. The Bertz CT molecular complexity index is 621. The van der Waals surface area contributed by atoms with Gasteiger partial charge in [-0.05, 0) is 68.8 Å². The van der Waals surface area contributed by atoms with Gasteiger partial charge in [-0.1, -0.05) is 0 Å². The first-order chi connectivity index (χ1) is 13.2. The second-order valence-corrected chi connectivity index (χ2v) is 8.38. The van der Waals surface area contributed by atoms with Crippen LogP contribution in [0.15, 0.2) is 24.3 Å². The number of methoxy groups -OCH3 is 1. The summed E-state index contributed by atoms with van der Waals surface area (Å²) >= 11 is 0. The lowest BCUT2D eigenvalue weighted by Crippen LogP contribution is -2.42. The molecule has 0 N–H and O–H groups in total.